The van der Waals surface area contributed by atoms with Crippen LogP contribution in [0.4, 0.5) is 0 Å². The number of benzene rings is 2. The van der Waals surface area contributed by atoms with Crippen LogP contribution >= 0.6 is 0 Å². The summed E-state index contributed by atoms with van der Waals surface area (Å²) in [6.45, 7) is 0.380. The van der Waals surface area contributed by atoms with E-state index >= 15 is 0 Å². The molecule has 44 heavy (non-hydrogen) atoms. The van der Waals surface area contributed by atoms with Gasteiger partial charge in [0.1, 0.15) is 0 Å². The topological polar surface area (TPSA) is 95.0 Å². The van der Waals surface area contributed by atoms with Gasteiger partial charge >= 0.3 is 0 Å². The number of likely N-dealkylation sites (tertiary alicyclic amines) is 1. The lowest BCUT2D eigenvalue weighted by Gasteiger charge is -2.35. The molecule has 0 bridgehead atoms. The molecule has 1 aliphatic heterocycles. The van der Waals surface area contributed by atoms with Crippen LogP contribution in [-0.4, -0.2) is 61.3 Å². The second-order valence-corrected chi connectivity index (χ2v) is 11.4. The Morgan fingerprint density at radius 3 is 2.14 bits per heavy atom. The zero-order valence-corrected chi connectivity index (χ0v) is 26.1. The van der Waals surface area contributed by atoms with Gasteiger partial charge in [-0.05, 0) is 93.0 Å². The van der Waals surface area contributed by atoms with Crippen molar-refractivity contribution in [2.75, 3.05) is 27.9 Å². The van der Waals surface area contributed by atoms with Crippen molar-refractivity contribution in [2.45, 2.75) is 70.3 Å². The molecule has 1 amide bonds. The minimum Gasteiger partial charge on any atom is -0.493 e. The number of ether oxygens (including phenoxy) is 3. The van der Waals surface area contributed by atoms with Crippen LogP contribution in [0.1, 0.15) is 72.9 Å². The van der Waals surface area contributed by atoms with Crippen LogP contribution in [-0.2, 0) is 22.4 Å². The third-order valence-electron chi connectivity index (χ3n) is 8.47. The van der Waals surface area contributed by atoms with Gasteiger partial charge in [-0.2, -0.15) is 0 Å². The summed E-state index contributed by atoms with van der Waals surface area (Å²) in [5, 5.41) is 0. The lowest BCUT2D eigenvalue weighted by molar-refractivity contribution is -0.138. The molecule has 0 radical (unpaired) electrons. The van der Waals surface area contributed by atoms with Crippen LogP contribution in [0.25, 0.3) is 0 Å². The molecule has 234 valence electrons. The monoisotopic (exact) mass is 600 g/mol. The van der Waals surface area contributed by atoms with Gasteiger partial charge < -0.3 is 19.1 Å². The Hall–Kier alpha value is -4.20. The van der Waals surface area contributed by atoms with Crippen LogP contribution in [0.15, 0.2) is 67.0 Å². The number of amides is 1. The highest BCUT2D eigenvalue weighted by Crippen LogP contribution is 2.38. The van der Waals surface area contributed by atoms with E-state index in [0.29, 0.717) is 36.6 Å². The first-order valence-corrected chi connectivity index (χ1v) is 15.6. The molecule has 3 aromatic rings. The van der Waals surface area contributed by atoms with Gasteiger partial charge in [-0.25, -0.2) is 0 Å². The molecule has 0 spiro atoms. The molecule has 2 aromatic carbocycles. The van der Waals surface area contributed by atoms with Crippen LogP contribution in [0, 0.1) is 5.92 Å². The number of carbonyl (C=O) groups excluding carboxylic acids is 3. The molecule has 8 nitrogen and oxygen atoms in total. The Kier molecular flexibility index (Phi) is 12.3. The van der Waals surface area contributed by atoms with E-state index in [-0.39, 0.29) is 17.3 Å². The first-order valence-electron chi connectivity index (χ1n) is 15.6. The number of pyridine rings is 1. The van der Waals surface area contributed by atoms with E-state index in [4.69, 9.17) is 14.2 Å². The van der Waals surface area contributed by atoms with Gasteiger partial charge in [0.2, 0.25) is 5.75 Å². The van der Waals surface area contributed by atoms with Crippen molar-refractivity contribution >= 4 is 17.5 Å². The number of nitrogens with zero attached hydrogens (tertiary/aromatic N) is 2. The largest absolute Gasteiger partial charge is 0.493 e. The van der Waals surface area contributed by atoms with Crippen LogP contribution in [0.3, 0.4) is 0 Å². The van der Waals surface area contributed by atoms with Crippen molar-refractivity contribution in [2.24, 2.45) is 5.92 Å². The lowest BCUT2D eigenvalue weighted by Crippen LogP contribution is -2.50. The average Bonchev–Trinajstić information content (AvgIpc) is 3.07. The fourth-order valence-electron chi connectivity index (χ4n) is 6.12. The molecule has 8 heteroatoms. The van der Waals surface area contributed by atoms with E-state index < -0.39 is 17.7 Å². The first-order chi connectivity index (χ1) is 21.4. The normalized spacial score (nSPS) is 15.3. The molecular formula is C36H44N2O6. The quantitative estimate of drug-likeness (QED) is 0.141. The van der Waals surface area contributed by atoms with Crippen LogP contribution in [0.5, 0.6) is 17.2 Å². The predicted molar refractivity (Wildman–Crippen MR) is 169 cm³/mol. The summed E-state index contributed by atoms with van der Waals surface area (Å²) in [7, 11) is 4.39. The van der Waals surface area contributed by atoms with Gasteiger partial charge in [0, 0.05) is 30.9 Å². The average molecular weight is 601 g/mol. The maximum absolute atomic E-state index is 13.9. The van der Waals surface area contributed by atoms with E-state index in [1.165, 1.54) is 49.5 Å². The smallest absolute Gasteiger partial charge is 0.295 e. The van der Waals surface area contributed by atoms with Gasteiger partial charge in [-0.1, -0.05) is 36.4 Å². The number of hydrogen-bond acceptors (Lipinski definition) is 7. The summed E-state index contributed by atoms with van der Waals surface area (Å²) in [5.74, 6) is -0.201. The zero-order chi connectivity index (χ0) is 31.3. The Bertz CT molecular complexity index is 1310. The van der Waals surface area contributed by atoms with Gasteiger partial charge in [-0.3, -0.25) is 19.4 Å². The molecule has 1 saturated heterocycles. The lowest BCUT2D eigenvalue weighted by atomic mass is 9.86. The molecule has 2 atom stereocenters. The predicted octanol–water partition coefficient (Wildman–Crippen LogP) is 6.29. The number of carbonyl (C=O) groups is 3. The Morgan fingerprint density at radius 1 is 0.864 bits per heavy atom. The zero-order valence-electron chi connectivity index (χ0n) is 26.1. The van der Waals surface area contributed by atoms with Crippen LogP contribution in [0.2, 0.25) is 0 Å². The maximum Gasteiger partial charge on any atom is 0.295 e. The number of methoxy groups -OCH3 is 3. The summed E-state index contributed by atoms with van der Waals surface area (Å²) >= 11 is 0. The third kappa shape index (κ3) is 8.68. The molecule has 0 saturated carbocycles. The number of aryl methyl sites for hydroxylation is 2. The van der Waals surface area contributed by atoms with Gasteiger partial charge in [0.05, 0.1) is 27.4 Å². The van der Waals surface area contributed by atoms with E-state index in [1.54, 1.807) is 6.20 Å². The van der Waals surface area contributed by atoms with Gasteiger partial charge in [-0.15, -0.1) is 0 Å². The summed E-state index contributed by atoms with van der Waals surface area (Å²) in [4.78, 5) is 46.7. The third-order valence-corrected chi connectivity index (χ3v) is 8.47. The molecule has 1 aromatic heterocycles. The van der Waals surface area contributed by atoms with E-state index in [9.17, 15) is 14.4 Å². The summed E-state index contributed by atoms with van der Waals surface area (Å²) in [5.41, 5.74) is 2.62. The molecule has 1 aliphatic rings. The highest BCUT2D eigenvalue weighted by atomic mass is 16.5. The van der Waals surface area contributed by atoms with Crippen molar-refractivity contribution in [3.63, 3.8) is 0 Å². The number of Topliss-reactive ketones (excluding diaryl/α,β-unsaturated/α-hetero) is 2. The minimum absolute atomic E-state index is 0.0434. The number of rotatable bonds is 16. The Balaban J connectivity index is 1.45. The number of ketones is 2. The summed E-state index contributed by atoms with van der Waals surface area (Å²) in [6, 6.07) is 16.8. The summed E-state index contributed by atoms with van der Waals surface area (Å²) in [6.07, 6.45) is 11.9. The first kappa shape index (κ1) is 32.7. The number of hydrogen-bond donors (Lipinski definition) is 0. The molecule has 4 rings (SSSR count). The molecule has 1 fully saturated rings. The van der Waals surface area contributed by atoms with Crippen LogP contribution < -0.4 is 14.2 Å². The Morgan fingerprint density at radius 2 is 1.52 bits per heavy atom. The Labute approximate surface area is 260 Å². The maximum atomic E-state index is 13.9. The highest BCUT2D eigenvalue weighted by Gasteiger charge is 2.36. The van der Waals surface area contributed by atoms with Crippen molar-refractivity contribution in [3.8, 4) is 17.2 Å². The van der Waals surface area contributed by atoms with Crippen molar-refractivity contribution in [1.82, 2.24) is 9.88 Å². The van der Waals surface area contributed by atoms with E-state index in [1.807, 2.05) is 18.3 Å². The van der Waals surface area contributed by atoms with Crippen molar-refractivity contribution in [3.05, 3.63) is 83.7 Å². The standard InChI is InChI=1S/C36H44N2O6/c1-42-32-23-29(24-33(43-2)35(32)44-3)34(40)36(41)38-21-8-7-19-30(38)31(39)22-27(15-9-14-26-12-5-4-6-13-26)16-10-17-28-18-11-20-37-25-28/h4-6,11-13,18,20,23-25,27,30H,7-10,14-17,19,21-22H2,1-3H3. The minimum atomic E-state index is -0.695. The van der Waals surface area contributed by atoms with Gasteiger partial charge in [0.15, 0.2) is 17.3 Å². The fraction of sp³-hybridized carbons (Fsp3) is 0.444. The summed E-state index contributed by atoms with van der Waals surface area (Å²) < 4.78 is 16.1. The molecule has 2 unspecified atom stereocenters. The molecular weight excluding hydrogens is 556 g/mol. The van der Waals surface area contributed by atoms with E-state index in [0.717, 1.165) is 51.4 Å². The van der Waals surface area contributed by atoms with Gasteiger partial charge in [0.25, 0.3) is 11.7 Å². The number of piperidine rings is 1. The van der Waals surface area contributed by atoms with E-state index in [2.05, 4.69) is 35.3 Å². The van der Waals surface area contributed by atoms with Crippen molar-refractivity contribution < 1.29 is 28.6 Å². The molecule has 0 aliphatic carbocycles. The van der Waals surface area contributed by atoms with Crippen molar-refractivity contribution in [1.29, 1.82) is 0 Å². The highest BCUT2D eigenvalue weighted by molar-refractivity contribution is 6.43. The number of aromatic nitrogens is 1. The molecule has 0 N–H and O–H groups in total. The second kappa shape index (κ2) is 16.6. The fourth-order valence-corrected chi connectivity index (χ4v) is 6.12. The molecule has 2 heterocycles. The second-order valence-electron chi connectivity index (χ2n) is 11.4. The SMILES string of the molecule is COc1cc(C(=O)C(=O)N2CCCCC2C(=O)CC(CCCc2ccccc2)CCCc2cccnc2)cc(OC)c1OC.